The number of rotatable bonds is 6. The van der Waals surface area contributed by atoms with E-state index >= 15 is 0 Å². The van der Waals surface area contributed by atoms with Gasteiger partial charge in [0.1, 0.15) is 5.75 Å². The van der Waals surface area contributed by atoms with Crippen LogP contribution in [0.25, 0.3) is 0 Å². The van der Waals surface area contributed by atoms with Crippen molar-refractivity contribution in [2.75, 3.05) is 13.1 Å². The van der Waals surface area contributed by atoms with Crippen molar-refractivity contribution in [1.29, 1.82) is 0 Å². The first-order valence-electron chi connectivity index (χ1n) is 8.12. The molecule has 0 aromatic heterocycles. The average molecular weight is 305 g/mol. The van der Waals surface area contributed by atoms with Crippen LogP contribution < -0.4 is 15.4 Å². The zero-order valence-electron chi connectivity index (χ0n) is 14.9. The SMILES string of the molecule is CCNC(=NCCc1ccc(OC(C)C)cc1)NC(C)(C)C. The van der Waals surface area contributed by atoms with Crippen LogP contribution in [0.5, 0.6) is 5.75 Å². The molecule has 0 saturated carbocycles. The van der Waals surface area contributed by atoms with E-state index in [0.29, 0.717) is 0 Å². The Balaban J connectivity index is 2.54. The summed E-state index contributed by atoms with van der Waals surface area (Å²) in [7, 11) is 0. The molecule has 124 valence electrons. The maximum absolute atomic E-state index is 5.65. The van der Waals surface area contributed by atoms with E-state index in [0.717, 1.165) is 31.2 Å². The summed E-state index contributed by atoms with van der Waals surface area (Å²) in [4.78, 5) is 4.63. The summed E-state index contributed by atoms with van der Waals surface area (Å²) in [5, 5.41) is 6.67. The van der Waals surface area contributed by atoms with E-state index in [1.807, 2.05) is 26.0 Å². The van der Waals surface area contributed by atoms with Crippen molar-refractivity contribution in [2.45, 2.75) is 59.6 Å². The van der Waals surface area contributed by atoms with Crippen molar-refractivity contribution in [2.24, 2.45) is 4.99 Å². The molecule has 22 heavy (non-hydrogen) atoms. The van der Waals surface area contributed by atoms with Crippen LogP contribution in [0.2, 0.25) is 0 Å². The highest BCUT2D eigenvalue weighted by molar-refractivity contribution is 5.80. The molecule has 1 rings (SSSR count). The maximum atomic E-state index is 5.65. The summed E-state index contributed by atoms with van der Waals surface area (Å²) in [6, 6.07) is 8.27. The van der Waals surface area contributed by atoms with Crippen LogP contribution in [0.3, 0.4) is 0 Å². The zero-order valence-corrected chi connectivity index (χ0v) is 14.9. The van der Waals surface area contributed by atoms with Gasteiger partial charge in [-0.1, -0.05) is 12.1 Å². The largest absolute Gasteiger partial charge is 0.491 e. The Bertz CT molecular complexity index is 458. The van der Waals surface area contributed by atoms with Crippen LogP contribution in [-0.4, -0.2) is 30.7 Å². The number of nitrogens with zero attached hydrogens (tertiary/aromatic N) is 1. The minimum Gasteiger partial charge on any atom is -0.491 e. The lowest BCUT2D eigenvalue weighted by Gasteiger charge is -2.23. The van der Waals surface area contributed by atoms with Gasteiger partial charge in [-0.3, -0.25) is 4.99 Å². The Morgan fingerprint density at radius 1 is 1.18 bits per heavy atom. The number of hydrogen-bond donors (Lipinski definition) is 2. The topological polar surface area (TPSA) is 45.7 Å². The number of guanidine groups is 1. The van der Waals surface area contributed by atoms with Gasteiger partial charge in [-0.25, -0.2) is 0 Å². The van der Waals surface area contributed by atoms with Gasteiger partial charge in [0.2, 0.25) is 0 Å². The van der Waals surface area contributed by atoms with Gasteiger partial charge >= 0.3 is 0 Å². The quantitative estimate of drug-likeness (QED) is 0.625. The Hall–Kier alpha value is -1.71. The van der Waals surface area contributed by atoms with Gasteiger partial charge in [0.15, 0.2) is 5.96 Å². The second-order valence-corrected chi connectivity index (χ2v) is 6.70. The summed E-state index contributed by atoms with van der Waals surface area (Å²) >= 11 is 0. The summed E-state index contributed by atoms with van der Waals surface area (Å²) in [6.45, 7) is 14.2. The van der Waals surface area contributed by atoms with Gasteiger partial charge in [-0.05, 0) is 65.7 Å². The summed E-state index contributed by atoms with van der Waals surface area (Å²) in [5.41, 5.74) is 1.28. The highest BCUT2D eigenvalue weighted by Gasteiger charge is 2.11. The molecular formula is C18H31N3O. The van der Waals surface area contributed by atoms with E-state index in [1.165, 1.54) is 5.56 Å². The van der Waals surface area contributed by atoms with Crippen LogP contribution in [0.15, 0.2) is 29.3 Å². The van der Waals surface area contributed by atoms with Gasteiger partial charge in [-0.15, -0.1) is 0 Å². The van der Waals surface area contributed by atoms with Gasteiger partial charge in [0, 0.05) is 18.6 Å². The summed E-state index contributed by atoms with van der Waals surface area (Å²) < 4.78 is 5.65. The van der Waals surface area contributed by atoms with E-state index in [1.54, 1.807) is 0 Å². The highest BCUT2D eigenvalue weighted by atomic mass is 16.5. The van der Waals surface area contributed by atoms with Crippen molar-refractivity contribution < 1.29 is 4.74 Å². The third-order valence-electron chi connectivity index (χ3n) is 2.80. The molecule has 0 aliphatic carbocycles. The predicted molar refractivity (Wildman–Crippen MR) is 94.8 cm³/mol. The molecule has 0 saturated heterocycles. The molecule has 4 heteroatoms. The normalized spacial score (nSPS) is 12.4. The minimum atomic E-state index is 0.0108. The Morgan fingerprint density at radius 2 is 1.82 bits per heavy atom. The van der Waals surface area contributed by atoms with Crippen LogP contribution in [0, 0.1) is 0 Å². The number of aliphatic imine (C=N–C) groups is 1. The molecule has 0 aliphatic heterocycles. The number of benzene rings is 1. The lowest BCUT2D eigenvalue weighted by atomic mass is 10.1. The molecular weight excluding hydrogens is 274 g/mol. The van der Waals surface area contributed by atoms with Crippen LogP contribution in [0.1, 0.15) is 47.1 Å². The van der Waals surface area contributed by atoms with Gasteiger partial charge in [0.05, 0.1) is 6.10 Å². The molecule has 0 heterocycles. The second-order valence-electron chi connectivity index (χ2n) is 6.70. The van der Waals surface area contributed by atoms with E-state index in [9.17, 15) is 0 Å². The highest BCUT2D eigenvalue weighted by Crippen LogP contribution is 2.14. The molecule has 0 aliphatic rings. The monoisotopic (exact) mass is 305 g/mol. The molecule has 0 bridgehead atoms. The standard InChI is InChI=1S/C18H31N3O/c1-7-19-17(21-18(4,5)6)20-13-12-15-8-10-16(11-9-15)22-14(2)3/h8-11,14H,7,12-13H2,1-6H3,(H2,19,20,21). The van der Waals surface area contributed by atoms with Crippen molar-refractivity contribution in [3.63, 3.8) is 0 Å². The predicted octanol–water partition coefficient (Wildman–Crippen LogP) is 3.37. The van der Waals surface area contributed by atoms with Gasteiger partial charge in [-0.2, -0.15) is 0 Å². The fourth-order valence-corrected chi connectivity index (χ4v) is 1.97. The Kier molecular flexibility index (Phi) is 7.22. The minimum absolute atomic E-state index is 0.0108. The molecule has 4 nitrogen and oxygen atoms in total. The second kappa shape index (κ2) is 8.66. The Morgan fingerprint density at radius 3 is 2.32 bits per heavy atom. The lowest BCUT2D eigenvalue weighted by Crippen LogP contribution is -2.47. The molecule has 0 unspecified atom stereocenters. The first-order valence-corrected chi connectivity index (χ1v) is 8.12. The third-order valence-corrected chi connectivity index (χ3v) is 2.80. The van der Waals surface area contributed by atoms with Crippen molar-refractivity contribution in [3.8, 4) is 5.75 Å². The summed E-state index contributed by atoms with van der Waals surface area (Å²) in [5.74, 6) is 1.79. The van der Waals surface area contributed by atoms with Crippen molar-refractivity contribution in [1.82, 2.24) is 10.6 Å². The molecule has 1 aromatic rings. The molecule has 0 fully saturated rings. The summed E-state index contributed by atoms with van der Waals surface area (Å²) in [6.07, 6.45) is 1.13. The van der Waals surface area contributed by atoms with Crippen LogP contribution in [-0.2, 0) is 6.42 Å². The first-order chi connectivity index (χ1) is 10.3. The van der Waals surface area contributed by atoms with E-state index < -0.39 is 0 Å². The van der Waals surface area contributed by atoms with E-state index in [-0.39, 0.29) is 11.6 Å². The zero-order chi connectivity index (χ0) is 16.6. The Labute approximate surface area is 135 Å². The van der Waals surface area contributed by atoms with Crippen LogP contribution in [0.4, 0.5) is 0 Å². The molecule has 2 N–H and O–H groups in total. The fraction of sp³-hybridized carbons (Fsp3) is 0.611. The van der Waals surface area contributed by atoms with Crippen molar-refractivity contribution in [3.05, 3.63) is 29.8 Å². The number of nitrogens with one attached hydrogen (secondary N) is 2. The molecule has 0 amide bonds. The third kappa shape index (κ3) is 7.91. The number of hydrogen-bond acceptors (Lipinski definition) is 2. The maximum Gasteiger partial charge on any atom is 0.191 e. The molecule has 0 atom stereocenters. The lowest BCUT2D eigenvalue weighted by molar-refractivity contribution is 0.242. The number of ether oxygens (including phenoxy) is 1. The van der Waals surface area contributed by atoms with Crippen LogP contribution >= 0.6 is 0 Å². The average Bonchev–Trinajstić information content (AvgIpc) is 2.38. The van der Waals surface area contributed by atoms with E-state index in [4.69, 9.17) is 4.74 Å². The fourth-order valence-electron chi connectivity index (χ4n) is 1.97. The smallest absolute Gasteiger partial charge is 0.191 e. The molecule has 1 aromatic carbocycles. The van der Waals surface area contributed by atoms with Crippen molar-refractivity contribution >= 4 is 5.96 Å². The van der Waals surface area contributed by atoms with Gasteiger partial charge in [0.25, 0.3) is 0 Å². The molecule has 0 radical (unpaired) electrons. The van der Waals surface area contributed by atoms with Gasteiger partial charge < -0.3 is 15.4 Å². The molecule has 0 spiro atoms. The van der Waals surface area contributed by atoms with E-state index in [2.05, 4.69) is 55.5 Å². The first kappa shape index (κ1) is 18.3.